The van der Waals surface area contributed by atoms with Crippen LogP contribution in [0, 0.1) is 11.3 Å². The molecular weight excluding hydrogens is 266 g/mol. The maximum absolute atomic E-state index is 12.1. The molecule has 1 aliphatic carbocycles. The molecule has 0 aromatic rings. The minimum absolute atomic E-state index is 0.0704. The number of nitrogens with zero attached hydrogens (tertiary/aromatic N) is 1. The van der Waals surface area contributed by atoms with Crippen LogP contribution in [0.5, 0.6) is 0 Å². The number of hydrogen-bond acceptors (Lipinski definition) is 3. The Morgan fingerprint density at radius 2 is 2.00 bits per heavy atom. The molecule has 1 atom stereocenters. The van der Waals surface area contributed by atoms with E-state index in [9.17, 15) is 9.59 Å². The summed E-state index contributed by atoms with van der Waals surface area (Å²) in [6.07, 6.45) is 6.94. The monoisotopic (exact) mass is 295 g/mol. The summed E-state index contributed by atoms with van der Waals surface area (Å²) in [5.41, 5.74) is 5.83. The maximum atomic E-state index is 12.1. The average Bonchev–Trinajstić information content (AvgIpc) is 2.91. The van der Waals surface area contributed by atoms with Crippen molar-refractivity contribution in [1.82, 2.24) is 10.2 Å². The van der Waals surface area contributed by atoms with Crippen LogP contribution in [0.1, 0.15) is 51.9 Å². The first-order valence-electron chi connectivity index (χ1n) is 8.30. The number of carbonyl (C=O) groups excluding carboxylic acids is 2. The van der Waals surface area contributed by atoms with Crippen molar-refractivity contribution < 1.29 is 9.59 Å². The molecule has 3 N–H and O–H groups in total. The summed E-state index contributed by atoms with van der Waals surface area (Å²) in [4.78, 5) is 26.0. The minimum Gasteiger partial charge on any atom is -0.355 e. The zero-order chi connectivity index (χ0) is 15.3. The maximum Gasteiger partial charge on any atom is 0.224 e. The lowest BCUT2D eigenvalue weighted by atomic mass is 9.89. The van der Waals surface area contributed by atoms with Gasteiger partial charge in [0.15, 0.2) is 0 Å². The van der Waals surface area contributed by atoms with Crippen molar-refractivity contribution in [3.63, 3.8) is 0 Å². The van der Waals surface area contributed by atoms with Crippen molar-refractivity contribution in [2.24, 2.45) is 17.1 Å². The van der Waals surface area contributed by atoms with E-state index in [-0.39, 0.29) is 23.1 Å². The van der Waals surface area contributed by atoms with Gasteiger partial charge in [0.2, 0.25) is 11.8 Å². The summed E-state index contributed by atoms with van der Waals surface area (Å²) in [6.45, 7) is 4.76. The average molecular weight is 295 g/mol. The molecule has 0 radical (unpaired) electrons. The SMILES string of the molecule is CC1(CN)CCN(C(=O)CCNC(=O)C2CCCCC2)C1. The molecule has 2 fully saturated rings. The van der Waals surface area contributed by atoms with Crippen molar-refractivity contribution in [1.29, 1.82) is 0 Å². The molecule has 21 heavy (non-hydrogen) atoms. The third-order valence-corrected chi connectivity index (χ3v) is 5.02. The van der Waals surface area contributed by atoms with Crippen LogP contribution in [0.2, 0.25) is 0 Å². The van der Waals surface area contributed by atoms with Crippen LogP contribution in [0.3, 0.4) is 0 Å². The fraction of sp³-hybridized carbons (Fsp3) is 0.875. The molecule has 1 aliphatic heterocycles. The standard InChI is InChI=1S/C16H29N3O2/c1-16(11-17)8-10-19(12-16)14(20)7-9-18-15(21)13-5-3-2-4-6-13/h13H,2-12,17H2,1H3,(H,18,21). The molecular formula is C16H29N3O2. The van der Waals surface area contributed by atoms with Gasteiger partial charge >= 0.3 is 0 Å². The molecule has 0 aromatic carbocycles. The Labute approximate surface area is 127 Å². The molecule has 5 nitrogen and oxygen atoms in total. The van der Waals surface area contributed by atoms with Crippen molar-refractivity contribution in [2.75, 3.05) is 26.2 Å². The van der Waals surface area contributed by atoms with E-state index in [1.807, 2.05) is 4.90 Å². The molecule has 1 saturated heterocycles. The molecule has 5 heteroatoms. The molecule has 0 spiro atoms. The largest absolute Gasteiger partial charge is 0.355 e. The zero-order valence-electron chi connectivity index (χ0n) is 13.2. The molecule has 0 bridgehead atoms. The van der Waals surface area contributed by atoms with Crippen LogP contribution in [-0.4, -0.2) is 42.9 Å². The number of likely N-dealkylation sites (tertiary alicyclic amines) is 1. The minimum atomic E-state index is 0.0704. The number of nitrogens with one attached hydrogen (secondary N) is 1. The highest BCUT2D eigenvalue weighted by Gasteiger charge is 2.34. The predicted octanol–water partition coefficient (Wildman–Crippen LogP) is 1.27. The number of amides is 2. The number of carbonyl (C=O) groups is 2. The zero-order valence-corrected chi connectivity index (χ0v) is 13.2. The van der Waals surface area contributed by atoms with Crippen LogP contribution in [-0.2, 0) is 9.59 Å². The molecule has 120 valence electrons. The van der Waals surface area contributed by atoms with Gasteiger partial charge in [-0.3, -0.25) is 9.59 Å². The van der Waals surface area contributed by atoms with Gasteiger partial charge < -0.3 is 16.0 Å². The van der Waals surface area contributed by atoms with E-state index in [1.54, 1.807) is 0 Å². The molecule has 1 unspecified atom stereocenters. The Hall–Kier alpha value is -1.10. The fourth-order valence-corrected chi connectivity index (χ4v) is 3.36. The van der Waals surface area contributed by atoms with Gasteiger partial charge in [-0.1, -0.05) is 26.2 Å². The summed E-state index contributed by atoms with van der Waals surface area (Å²) in [5.74, 6) is 0.438. The second-order valence-corrected chi connectivity index (χ2v) is 6.96. The predicted molar refractivity (Wildman–Crippen MR) is 82.6 cm³/mol. The van der Waals surface area contributed by atoms with Gasteiger partial charge in [-0.15, -0.1) is 0 Å². The summed E-state index contributed by atoms with van der Waals surface area (Å²) in [6, 6.07) is 0. The first kappa shape index (κ1) is 16.3. The summed E-state index contributed by atoms with van der Waals surface area (Å²) < 4.78 is 0. The van der Waals surface area contributed by atoms with Gasteiger partial charge in [0, 0.05) is 32.0 Å². The Morgan fingerprint density at radius 1 is 1.29 bits per heavy atom. The first-order valence-corrected chi connectivity index (χ1v) is 8.30. The molecule has 0 aromatic heterocycles. The van der Waals surface area contributed by atoms with E-state index in [0.717, 1.165) is 45.2 Å². The Morgan fingerprint density at radius 3 is 2.62 bits per heavy atom. The van der Waals surface area contributed by atoms with Crippen molar-refractivity contribution in [3.05, 3.63) is 0 Å². The normalized spacial score (nSPS) is 26.9. The number of nitrogens with two attached hydrogens (primary N) is 1. The Bertz CT molecular complexity index is 380. The lowest BCUT2D eigenvalue weighted by molar-refractivity contribution is -0.130. The van der Waals surface area contributed by atoms with Gasteiger partial charge in [0.05, 0.1) is 0 Å². The van der Waals surface area contributed by atoms with Gasteiger partial charge in [0.1, 0.15) is 0 Å². The summed E-state index contributed by atoms with van der Waals surface area (Å²) in [7, 11) is 0. The molecule has 2 rings (SSSR count). The van der Waals surface area contributed by atoms with Crippen molar-refractivity contribution >= 4 is 11.8 Å². The Balaban J connectivity index is 1.66. The van der Waals surface area contributed by atoms with E-state index in [2.05, 4.69) is 12.2 Å². The van der Waals surface area contributed by atoms with E-state index < -0.39 is 0 Å². The highest BCUT2D eigenvalue weighted by Crippen LogP contribution is 2.28. The highest BCUT2D eigenvalue weighted by molar-refractivity contribution is 5.80. The number of rotatable bonds is 5. The Kier molecular flexibility index (Phi) is 5.62. The topological polar surface area (TPSA) is 75.4 Å². The van der Waals surface area contributed by atoms with Gasteiger partial charge in [-0.05, 0) is 31.2 Å². The van der Waals surface area contributed by atoms with Crippen LogP contribution >= 0.6 is 0 Å². The van der Waals surface area contributed by atoms with Crippen LogP contribution in [0.15, 0.2) is 0 Å². The summed E-state index contributed by atoms with van der Waals surface area (Å²) >= 11 is 0. The fourth-order valence-electron chi connectivity index (χ4n) is 3.36. The van der Waals surface area contributed by atoms with Crippen LogP contribution in [0.25, 0.3) is 0 Å². The number of hydrogen-bond donors (Lipinski definition) is 2. The van der Waals surface area contributed by atoms with Crippen molar-refractivity contribution in [3.8, 4) is 0 Å². The third kappa shape index (κ3) is 4.43. The first-order chi connectivity index (χ1) is 10.0. The molecule has 2 amide bonds. The van der Waals surface area contributed by atoms with E-state index in [1.165, 1.54) is 6.42 Å². The van der Waals surface area contributed by atoms with Crippen LogP contribution < -0.4 is 11.1 Å². The van der Waals surface area contributed by atoms with E-state index in [0.29, 0.717) is 19.5 Å². The molecule has 1 heterocycles. The third-order valence-electron chi connectivity index (χ3n) is 5.02. The van der Waals surface area contributed by atoms with Gasteiger partial charge in [-0.25, -0.2) is 0 Å². The lowest BCUT2D eigenvalue weighted by Crippen LogP contribution is -2.37. The lowest BCUT2D eigenvalue weighted by Gasteiger charge is -2.23. The van der Waals surface area contributed by atoms with Gasteiger partial charge in [0.25, 0.3) is 0 Å². The molecule has 2 aliphatic rings. The van der Waals surface area contributed by atoms with Crippen molar-refractivity contribution in [2.45, 2.75) is 51.9 Å². The second kappa shape index (κ2) is 7.25. The second-order valence-electron chi connectivity index (χ2n) is 6.96. The smallest absolute Gasteiger partial charge is 0.224 e. The molecule has 1 saturated carbocycles. The quantitative estimate of drug-likeness (QED) is 0.802. The van der Waals surface area contributed by atoms with E-state index in [4.69, 9.17) is 5.73 Å². The van der Waals surface area contributed by atoms with Gasteiger partial charge in [-0.2, -0.15) is 0 Å². The van der Waals surface area contributed by atoms with E-state index >= 15 is 0 Å². The highest BCUT2D eigenvalue weighted by atomic mass is 16.2. The summed E-state index contributed by atoms with van der Waals surface area (Å²) in [5, 5.41) is 2.93. The van der Waals surface area contributed by atoms with Crippen LogP contribution in [0.4, 0.5) is 0 Å².